The highest BCUT2D eigenvalue weighted by molar-refractivity contribution is 7.92. The highest BCUT2D eigenvalue weighted by atomic mass is 32.2. The van der Waals surface area contributed by atoms with E-state index in [9.17, 15) is 18.0 Å². The first kappa shape index (κ1) is 28.0. The average molecular weight is 593 g/mol. The summed E-state index contributed by atoms with van der Waals surface area (Å²) in [6, 6.07) is 24.3. The summed E-state index contributed by atoms with van der Waals surface area (Å²) < 4.78 is 33.3. The minimum atomic E-state index is -3.60. The minimum absolute atomic E-state index is 0.240. The molecule has 43 heavy (non-hydrogen) atoms. The molecule has 4 aromatic carbocycles. The Morgan fingerprint density at radius 1 is 0.814 bits per heavy atom. The summed E-state index contributed by atoms with van der Waals surface area (Å²) in [7, 11) is -3.60. The largest absolute Gasteiger partial charge is 0.486 e. The Bertz CT molecular complexity index is 2050. The Hall–Kier alpha value is -5.09. The molecule has 0 spiro atoms. The molecule has 0 unspecified atom stereocenters. The van der Waals surface area contributed by atoms with Crippen LogP contribution >= 0.6 is 0 Å². The molecule has 216 valence electrons. The highest BCUT2D eigenvalue weighted by Crippen LogP contribution is 2.46. The molecule has 0 atom stereocenters. The molecular formula is C33H28N4O5S. The van der Waals surface area contributed by atoms with Crippen LogP contribution in [0.15, 0.2) is 84.9 Å². The van der Waals surface area contributed by atoms with E-state index in [1.807, 2.05) is 39.0 Å². The number of benzene rings is 4. The molecule has 2 N–H and O–H groups in total. The van der Waals surface area contributed by atoms with Crippen LogP contribution in [0.2, 0.25) is 0 Å². The molecule has 6 rings (SSSR count). The van der Waals surface area contributed by atoms with Crippen LogP contribution in [-0.4, -0.2) is 41.9 Å². The summed E-state index contributed by atoms with van der Waals surface area (Å²) in [5.41, 5.74) is 2.89. The van der Waals surface area contributed by atoms with Crippen molar-refractivity contribution in [2.45, 2.75) is 26.4 Å². The van der Waals surface area contributed by atoms with Gasteiger partial charge in [-0.25, -0.2) is 18.4 Å². The van der Waals surface area contributed by atoms with E-state index in [1.54, 1.807) is 66.7 Å². The SMILES string of the molecule is CC(C)(C)Oc1cc(NC(=O)c2ccccc2)c2c3c(nc(-c4ccccc4NS(C)(=O)=O)nc13)-c1ccccc1C2=O. The van der Waals surface area contributed by atoms with Gasteiger partial charge in [0.1, 0.15) is 16.9 Å². The molecule has 1 aliphatic rings. The van der Waals surface area contributed by atoms with Crippen molar-refractivity contribution in [2.24, 2.45) is 0 Å². The van der Waals surface area contributed by atoms with Gasteiger partial charge in [-0.05, 0) is 45.0 Å². The van der Waals surface area contributed by atoms with Crippen molar-refractivity contribution in [3.63, 3.8) is 0 Å². The number of anilines is 2. The Labute approximate surface area is 249 Å². The van der Waals surface area contributed by atoms with Crippen LogP contribution in [0.5, 0.6) is 5.75 Å². The van der Waals surface area contributed by atoms with Crippen LogP contribution in [0, 0.1) is 0 Å². The molecule has 0 fully saturated rings. The van der Waals surface area contributed by atoms with Gasteiger partial charge in [-0.2, -0.15) is 0 Å². The van der Waals surface area contributed by atoms with E-state index in [-0.39, 0.29) is 28.8 Å². The minimum Gasteiger partial charge on any atom is -0.486 e. The molecular weight excluding hydrogens is 564 g/mol. The number of carbonyl (C=O) groups is 2. The number of amides is 1. The summed E-state index contributed by atoms with van der Waals surface area (Å²) in [6.45, 7) is 5.65. The maximum absolute atomic E-state index is 14.1. The predicted molar refractivity (Wildman–Crippen MR) is 167 cm³/mol. The second-order valence-electron chi connectivity index (χ2n) is 11.2. The molecule has 9 nitrogen and oxygen atoms in total. The fourth-order valence-electron chi connectivity index (χ4n) is 5.11. The number of carbonyl (C=O) groups excluding carboxylic acids is 2. The molecule has 1 amide bonds. The summed E-state index contributed by atoms with van der Waals surface area (Å²) in [4.78, 5) is 37.2. The monoisotopic (exact) mass is 592 g/mol. The second kappa shape index (κ2) is 10.3. The van der Waals surface area contributed by atoms with Gasteiger partial charge in [0.15, 0.2) is 11.6 Å². The quantitative estimate of drug-likeness (QED) is 0.232. The lowest BCUT2D eigenvalue weighted by atomic mass is 9.85. The highest BCUT2D eigenvalue weighted by Gasteiger charge is 2.33. The van der Waals surface area contributed by atoms with Gasteiger partial charge in [0, 0.05) is 33.7 Å². The van der Waals surface area contributed by atoms with E-state index >= 15 is 0 Å². The van der Waals surface area contributed by atoms with Crippen molar-refractivity contribution in [3.05, 3.63) is 102 Å². The third-order valence-corrected chi connectivity index (χ3v) is 7.35. The molecule has 0 bridgehead atoms. The number of para-hydroxylation sites is 1. The van der Waals surface area contributed by atoms with Gasteiger partial charge in [-0.15, -0.1) is 0 Å². The second-order valence-corrected chi connectivity index (χ2v) is 13.0. The van der Waals surface area contributed by atoms with E-state index in [0.29, 0.717) is 50.3 Å². The zero-order valence-electron chi connectivity index (χ0n) is 23.9. The number of nitrogens with one attached hydrogen (secondary N) is 2. The van der Waals surface area contributed by atoms with Crippen molar-refractivity contribution in [2.75, 3.05) is 16.3 Å². The Morgan fingerprint density at radius 2 is 1.44 bits per heavy atom. The summed E-state index contributed by atoms with van der Waals surface area (Å²) in [6.07, 6.45) is 1.07. The van der Waals surface area contributed by atoms with Crippen LogP contribution in [0.25, 0.3) is 33.5 Å². The number of ketones is 1. The van der Waals surface area contributed by atoms with Crippen LogP contribution < -0.4 is 14.8 Å². The molecule has 0 aliphatic heterocycles. The van der Waals surface area contributed by atoms with Gasteiger partial charge in [-0.1, -0.05) is 54.6 Å². The fraction of sp³-hybridized carbons (Fsp3) is 0.152. The van der Waals surface area contributed by atoms with Crippen molar-refractivity contribution in [3.8, 4) is 28.4 Å². The normalized spacial score (nSPS) is 12.5. The topological polar surface area (TPSA) is 127 Å². The van der Waals surface area contributed by atoms with Crippen molar-refractivity contribution in [1.29, 1.82) is 0 Å². The first-order chi connectivity index (χ1) is 20.4. The maximum atomic E-state index is 14.1. The van der Waals surface area contributed by atoms with Gasteiger partial charge in [-0.3, -0.25) is 14.3 Å². The van der Waals surface area contributed by atoms with E-state index in [2.05, 4.69) is 10.0 Å². The lowest BCUT2D eigenvalue weighted by molar-refractivity contribution is 0.102. The summed E-state index contributed by atoms with van der Waals surface area (Å²) >= 11 is 0. The van der Waals surface area contributed by atoms with Crippen molar-refractivity contribution in [1.82, 2.24) is 9.97 Å². The molecule has 1 aliphatic carbocycles. The molecule has 1 aromatic heterocycles. The van der Waals surface area contributed by atoms with E-state index < -0.39 is 15.6 Å². The Kier molecular flexibility index (Phi) is 6.73. The molecule has 0 saturated heterocycles. The average Bonchev–Trinajstić information content (AvgIpc) is 2.95. The molecule has 0 saturated carbocycles. The fourth-order valence-corrected chi connectivity index (χ4v) is 5.69. The Morgan fingerprint density at radius 3 is 2.12 bits per heavy atom. The number of fused-ring (bicyclic) bond motifs is 2. The number of nitrogens with zero attached hydrogens (tertiary/aromatic N) is 2. The first-order valence-corrected chi connectivity index (χ1v) is 15.4. The third kappa shape index (κ3) is 5.44. The number of sulfonamides is 1. The lowest BCUT2D eigenvalue weighted by Gasteiger charge is -2.27. The van der Waals surface area contributed by atoms with Crippen LogP contribution in [0.3, 0.4) is 0 Å². The van der Waals surface area contributed by atoms with Crippen LogP contribution in [0.1, 0.15) is 47.1 Å². The van der Waals surface area contributed by atoms with Gasteiger partial charge in [0.25, 0.3) is 5.91 Å². The number of hydrogen-bond donors (Lipinski definition) is 2. The van der Waals surface area contributed by atoms with Crippen molar-refractivity contribution >= 4 is 44.0 Å². The number of hydrogen-bond acceptors (Lipinski definition) is 7. The standard InChI is InChI=1S/C33H28N4O5S/c1-33(2,3)42-25-18-24(34-32(39)19-12-6-5-7-13-19)26-27-28(20-14-8-9-15-21(20)30(26)38)35-31(36-29(25)27)22-16-10-11-17-23(22)37-43(4,40)41/h5-18,37H,1-4H3,(H,34,39). The number of ether oxygens (including phenoxy) is 1. The van der Waals surface area contributed by atoms with Gasteiger partial charge in [0.2, 0.25) is 10.0 Å². The number of aromatic nitrogens is 2. The number of rotatable bonds is 6. The van der Waals surface area contributed by atoms with Gasteiger partial charge < -0.3 is 10.1 Å². The summed E-state index contributed by atoms with van der Waals surface area (Å²) in [5.74, 6) is -0.0943. The molecule has 1 heterocycles. The van der Waals surface area contributed by atoms with Crippen LogP contribution in [0.4, 0.5) is 11.4 Å². The smallest absolute Gasteiger partial charge is 0.255 e. The summed E-state index contributed by atoms with van der Waals surface area (Å²) in [5, 5.41) is 3.36. The molecule has 5 aromatic rings. The first-order valence-electron chi connectivity index (χ1n) is 13.5. The van der Waals surface area contributed by atoms with E-state index in [0.717, 1.165) is 6.26 Å². The third-order valence-electron chi connectivity index (χ3n) is 6.75. The Balaban J connectivity index is 1.68. The zero-order valence-corrected chi connectivity index (χ0v) is 24.7. The van der Waals surface area contributed by atoms with E-state index in [4.69, 9.17) is 14.7 Å². The van der Waals surface area contributed by atoms with Crippen LogP contribution in [-0.2, 0) is 10.0 Å². The van der Waals surface area contributed by atoms with Crippen molar-refractivity contribution < 1.29 is 22.7 Å². The van der Waals surface area contributed by atoms with Gasteiger partial charge >= 0.3 is 0 Å². The lowest BCUT2D eigenvalue weighted by Crippen LogP contribution is -2.24. The maximum Gasteiger partial charge on any atom is 0.255 e. The zero-order chi connectivity index (χ0) is 30.5. The molecule has 0 radical (unpaired) electrons. The predicted octanol–water partition coefficient (Wildman–Crippen LogP) is 6.31. The van der Waals surface area contributed by atoms with E-state index in [1.165, 1.54) is 0 Å². The molecule has 10 heteroatoms. The van der Waals surface area contributed by atoms with Gasteiger partial charge in [0.05, 0.1) is 28.9 Å².